The summed E-state index contributed by atoms with van der Waals surface area (Å²) in [6, 6.07) is 20.5. The number of urea groups is 1. The Morgan fingerprint density at radius 1 is 1.00 bits per heavy atom. The molecule has 6 nitrogen and oxygen atoms in total. The molecule has 0 fully saturated rings. The summed E-state index contributed by atoms with van der Waals surface area (Å²) < 4.78 is 5.22. The van der Waals surface area contributed by atoms with Crippen LogP contribution in [-0.2, 0) is 0 Å². The van der Waals surface area contributed by atoms with Gasteiger partial charge in [0.15, 0.2) is 0 Å². The molecule has 2 amide bonds. The second kappa shape index (κ2) is 8.71. The molecule has 3 rings (SSSR count). The Morgan fingerprint density at radius 2 is 1.81 bits per heavy atom. The summed E-state index contributed by atoms with van der Waals surface area (Å²) in [6.45, 7) is 1.91. The predicted molar refractivity (Wildman–Crippen MR) is 108 cm³/mol. The first-order chi connectivity index (χ1) is 13.1. The van der Waals surface area contributed by atoms with Gasteiger partial charge in [0.25, 0.3) is 0 Å². The summed E-state index contributed by atoms with van der Waals surface area (Å²) in [5, 5.41) is 8.88. The molecule has 1 aromatic heterocycles. The van der Waals surface area contributed by atoms with Crippen molar-refractivity contribution in [1.82, 2.24) is 10.3 Å². The van der Waals surface area contributed by atoms with Gasteiger partial charge in [0.2, 0.25) is 0 Å². The largest absolute Gasteiger partial charge is 0.497 e. The highest BCUT2D eigenvalue weighted by molar-refractivity contribution is 5.88. The third kappa shape index (κ3) is 5.22. The normalized spacial score (nSPS) is 11.3. The Balaban J connectivity index is 1.55. The van der Waals surface area contributed by atoms with Crippen LogP contribution >= 0.6 is 0 Å². The molecule has 0 bridgehead atoms. The van der Waals surface area contributed by atoms with Crippen LogP contribution in [0.5, 0.6) is 5.75 Å². The molecule has 138 valence electrons. The molecule has 2 aromatic carbocycles. The molecule has 0 saturated carbocycles. The number of nitrogens with zero attached hydrogens (tertiary/aromatic N) is 1. The molecular weight excluding hydrogens is 340 g/mol. The highest BCUT2D eigenvalue weighted by Gasteiger charge is 2.11. The van der Waals surface area contributed by atoms with Crippen molar-refractivity contribution in [2.45, 2.75) is 13.0 Å². The minimum Gasteiger partial charge on any atom is -0.497 e. The van der Waals surface area contributed by atoms with Gasteiger partial charge >= 0.3 is 6.03 Å². The van der Waals surface area contributed by atoms with Crippen molar-refractivity contribution in [3.8, 4) is 5.75 Å². The number of anilines is 3. The van der Waals surface area contributed by atoms with Gasteiger partial charge in [-0.25, -0.2) is 9.78 Å². The Labute approximate surface area is 158 Å². The third-order valence-corrected chi connectivity index (χ3v) is 4.01. The second-order valence-electron chi connectivity index (χ2n) is 6.02. The number of benzene rings is 2. The van der Waals surface area contributed by atoms with Crippen LogP contribution in [0.3, 0.4) is 0 Å². The van der Waals surface area contributed by atoms with Crippen LogP contribution in [0, 0.1) is 0 Å². The van der Waals surface area contributed by atoms with E-state index in [0.29, 0.717) is 5.82 Å². The molecule has 6 heteroatoms. The van der Waals surface area contributed by atoms with Gasteiger partial charge in [-0.3, -0.25) is 5.32 Å². The average molecular weight is 362 g/mol. The predicted octanol–water partition coefficient (Wildman–Crippen LogP) is 4.72. The van der Waals surface area contributed by atoms with Gasteiger partial charge in [-0.05, 0) is 48.9 Å². The molecular formula is C21H22N4O2. The van der Waals surface area contributed by atoms with Crippen molar-refractivity contribution < 1.29 is 9.53 Å². The zero-order chi connectivity index (χ0) is 19.1. The lowest BCUT2D eigenvalue weighted by atomic mass is 10.1. The topological polar surface area (TPSA) is 75.3 Å². The number of methoxy groups -OCH3 is 1. The summed E-state index contributed by atoms with van der Waals surface area (Å²) in [5.41, 5.74) is 2.78. The highest BCUT2D eigenvalue weighted by atomic mass is 16.5. The molecule has 1 heterocycles. The molecule has 3 N–H and O–H groups in total. The fourth-order valence-electron chi connectivity index (χ4n) is 2.57. The molecule has 0 aliphatic carbocycles. The summed E-state index contributed by atoms with van der Waals surface area (Å²) in [5.74, 6) is 1.23. The average Bonchev–Trinajstić information content (AvgIpc) is 2.70. The van der Waals surface area contributed by atoms with Gasteiger partial charge in [-0.1, -0.05) is 30.3 Å². The van der Waals surface area contributed by atoms with Gasteiger partial charge in [0.05, 0.1) is 25.0 Å². The zero-order valence-electron chi connectivity index (χ0n) is 15.3. The molecule has 27 heavy (non-hydrogen) atoms. The van der Waals surface area contributed by atoms with E-state index in [1.54, 1.807) is 19.4 Å². The number of hydrogen-bond acceptors (Lipinski definition) is 4. The van der Waals surface area contributed by atoms with E-state index in [1.165, 1.54) is 0 Å². The monoisotopic (exact) mass is 362 g/mol. The number of hydrogen-bond donors (Lipinski definition) is 3. The van der Waals surface area contributed by atoms with Crippen LogP contribution in [0.25, 0.3) is 0 Å². The second-order valence-corrected chi connectivity index (χ2v) is 6.02. The quantitative estimate of drug-likeness (QED) is 0.593. The van der Waals surface area contributed by atoms with Crippen LogP contribution < -0.4 is 20.7 Å². The van der Waals surface area contributed by atoms with E-state index in [9.17, 15) is 4.79 Å². The van der Waals surface area contributed by atoms with Gasteiger partial charge in [-0.2, -0.15) is 0 Å². The fraction of sp³-hybridized carbons (Fsp3) is 0.143. The number of para-hydroxylation sites is 1. The summed E-state index contributed by atoms with van der Waals surface area (Å²) in [4.78, 5) is 16.5. The number of carbonyl (C=O) groups is 1. The molecule has 0 saturated heterocycles. The summed E-state index contributed by atoms with van der Waals surface area (Å²) in [7, 11) is 1.62. The molecule has 0 radical (unpaired) electrons. The highest BCUT2D eigenvalue weighted by Crippen LogP contribution is 2.19. The van der Waals surface area contributed by atoms with E-state index in [4.69, 9.17) is 4.74 Å². The lowest BCUT2D eigenvalue weighted by Gasteiger charge is -2.15. The Hall–Kier alpha value is -3.54. The molecule has 0 spiro atoms. The smallest absolute Gasteiger partial charge is 0.320 e. The van der Waals surface area contributed by atoms with Gasteiger partial charge in [0.1, 0.15) is 11.6 Å². The van der Waals surface area contributed by atoms with Gasteiger partial charge < -0.3 is 15.4 Å². The van der Waals surface area contributed by atoms with Crippen molar-refractivity contribution in [2.75, 3.05) is 17.7 Å². The van der Waals surface area contributed by atoms with Crippen LogP contribution in [-0.4, -0.2) is 18.1 Å². The van der Waals surface area contributed by atoms with Gasteiger partial charge in [0, 0.05) is 5.69 Å². The number of aromatic nitrogens is 1. The number of ether oxygens (including phenoxy) is 1. The number of rotatable bonds is 6. The zero-order valence-corrected chi connectivity index (χ0v) is 15.3. The van der Waals surface area contributed by atoms with E-state index in [-0.39, 0.29) is 12.1 Å². The van der Waals surface area contributed by atoms with E-state index in [1.807, 2.05) is 67.6 Å². The lowest BCUT2D eigenvalue weighted by Crippen LogP contribution is -2.31. The molecule has 0 aliphatic rings. The number of amides is 2. The van der Waals surface area contributed by atoms with Crippen LogP contribution in [0.15, 0.2) is 72.9 Å². The van der Waals surface area contributed by atoms with Crippen LogP contribution in [0.2, 0.25) is 0 Å². The third-order valence-electron chi connectivity index (χ3n) is 4.01. The first-order valence-corrected chi connectivity index (χ1v) is 8.63. The Bertz CT molecular complexity index is 882. The van der Waals surface area contributed by atoms with E-state index in [0.717, 1.165) is 22.7 Å². The first kappa shape index (κ1) is 18.3. The Kier molecular flexibility index (Phi) is 5.89. The first-order valence-electron chi connectivity index (χ1n) is 8.63. The van der Waals surface area contributed by atoms with Gasteiger partial charge in [-0.15, -0.1) is 0 Å². The fourth-order valence-corrected chi connectivity index (χ4v) is 2.57. The van der Waals surface area contributed by atoms with Crippen LogP contribution in [0.1, 0.15) is 18.5 Å². The minimum absolute atomic E-state index is 0.167. The van der Waals surface area contributed by atoms with Crippen molar-refractivity contribution in [3.63, 3.8) is 0 Å². The van der Waals surface area contributed by atoms with E-state index < -0.39 is 0 Å². The maximum Gasteiger partial charge on any atom is 0.320 e. The summed E-state index contributed by atoms with van der Waals surface area (Å²) >= 11 is 0. The summed E-state index contributed by atoms with van der Waals surface area (Å²) in [6.07, 6.45) is 1.67. The number of nitrogens with one attached hydrogen (secondary N) is 3. The van der Waals surface area contributed by atoms with Crippen molar-refractivity contribution in [1.29, 1.82) is 0 Å². The Morgan fingerprint density at radius 3 is 2.52 bits per heavy atom. The minimum atomic E-state index is -0.318. The molecule has 1 atom stereocenters. The SMILES string of the molecule is COc1cccc(C(C)NC(=O)Nc2ccc(Nc3ccccc3)cn2)c1. The number of carbonyl (C=O) groups excluding carboxylic acids is 1. The van der Waals surface area contributed by atoms with Crippen molar-refractivity contribution in [2.24, 2.45) is 0 Å². The van der Waals surface area contributed by atoms with E-state index >= 15 is 0 Å². The number of pyridine rings is 1. The standard InChI is InChI=1S/C21H22N4O2/c1-15(16-7-6-10-19(13-16)27-2)23-21(26)25-20-12-11-18(14-22-20)24-17-8-4-3-5-9-17/h3-15,24H,1-2H3,(H2,22,23,25,26). The molecule has 3 aromatic rings. The van der Waals surface area contributed by atoms with E-state index in [2.05, 4.69) is 20.9 Å². The maximum absolute atomic E-state index is 12.2. The maximum atomic E-state index is 12.2. The molecule has 1 unspecified atom stereocenters. The van der Waals surface area contributed by atoms with Crippen molar-refractivity contribution >= 4 is 23.2 Å². The van der Waals surface area contributed by atoms with Crippen LogP contribution in [0.4, 0.5) is 22.0 Å². The lowest BCUT2D eigenvalue weighted by molar-refractivity contribution is 0.249. The molecule has 0 aliphatic heterocycles. The van der Waals surface area contributed by atoms with Crippen molar-refractivity contribution in [3.05, 3.63) is 78.5 Å².